The van der Waals surface area contributed by atoms with Crippen LogP contribution in [-0.2, 0) is 6.42 Å². The molecule has 0 aliphatic carbocycles. The van der Waals surface area contributed by atoms with Gasteiger partial charge in [0.1, 0.15) is 5.75 Å². The summed E-state index contributed by atoms with van der Waals surface area (Å²) in [5.41, 5.74) is 8.43. The van der Waals surface area contributed by atoms with E-state index in [1.807, 2.05) is 39.0 Å². The molecular formula is C21H29NO3. The first-order valence-corrected chi connectivity index (χ1v) is 8.83. The molecule has 4 heteroatoms. The van der Waals surface area contributed by atoms with Crippen molar-refractivity contribution in [2.24, 2.45) is 5.73 Å². The SMILES string of the molecule is CCOc1cc(CC(CN)c2ccc(OC)cc2)ccc1OC(C)C. The van der Waals surface area contributed by atoms with Crippen LogP contribution in [0.5, 0.6) is 17.2 Å². The second-order valence-electron chi connectivity index (χ2n) is 6.29. The van der Waals surface area contributed by atoms with E-state index in [1.54, 1.807) is 7.11 Å². The van der Waals surface area contributed by atoms with Crippen LogP contribution in [0.1, 0.15) is 37.8 Å². The Morgan fingerprint density at radius 3 is 2.28 bits per heavy atom. The van der Waals surface area contributed by atoms with E-state index >= 15 is 0 Å². The van der Waals surface area contributed by atoms with Gasteiger partial charge in [-0.3, -0.25) is 0 Å². The summed E-state index contributed by atoms with van der Waals surface area (Å²) in [6.07, 6.45) is 0.964. The summed E-state index contributed by atoms with van der Waals surface area (Å²) in [7, 11) is 1.67. The van der Waals surface area contributed by atoms with E-state index in [9.17, 15) is 0 Å². The van der Waals surface area contributed by atoms with Gasteiger partial charge >= 0.3 is 0 Å². The molecule has 25 heavy (non-hydrogen) atoms. The lowest BCUT2D eigenvalue weighted by atomic mass is 9.92. The Bertz CT molecular complexity index is 653. The van der Waals surface area contributed by atoms with Crippen LogP contribution in [0.2, 0.25) is 0 Å². The third kappa shape index (κ3) is 5.40. The standard InChI is InChI=1S/C21H29NO3/c1-5-24-21-13-16(6-11-20(21)25-15(2)3)12-18(14-22)17-7-9-19(23-4)10-8-17/h6-11,13,15,18H,5,12,14,22H2,1-4H3. The zero-order valence-electron chi connectivity index (χ0n) is 15.6. The van der Waals surface area contributed by atoms with Gasteiger partial charge < -0.3 is 19.9 Å². The van der Waals surface area contributed by atoms with Gasteiger partial charge in [-0.15, -0.1) is 0 Å². The highest BCUT2D eigenvalue weighted by atomic mass is 16.5. The molecule has 0 radical (unpaired) electrons. The van der Waals surface area contributed by atoms with E-state index in [4.69, 9.17) is 19.9 Å². The predicted octanol–water partition coefficient (Wildman–Crippen LogP) is 4.17. The highest BCUT2D eigenvalue weighted by Gasteiger charge is 2.14. The van der Waals surface area contributed by atoms with Gasteiger partial charge in [-0.05, 0) is 69.1 Å². The number of benzene rings is 2. The zero-order valence-corrected chi connectivity index (χ0v) is 15.6. The molecule has 0 amide bonds. The summed E-state index contributed by atoms with van der Waals surface area (Å²) >= 11 is 0. The monoisotopic (exact) mass is 343 g/mol. The molecule has 2 aromatic carbocycles. The molecular weight excluding hydrogens is 314 g/mol. The second kappa shape index (κ2) is 9.33. The summed E-state index contributed by atoms with van der Waals surface area (Å²) in [4.78, 5) is 0. The third-order valence-corrected chi connectivity index (χ3v) is 4.02. The van der Waals surface area contributed by atoms with Gasteiger partial charge in [0.2, 0.25) is 0 Å². The van der Waals surface area contributed by atoms with Gasteiger partial charge in [0.25, 0.3) is 0 Å². The van der Waals surface area contributed by atoms with Gasteiger partial charge in [-0.1, -0.05) is 18.2 Å². The fraction of sp³-hybridized carbons (Fsp3) is 0.429. The number of methoxy groups -OCH3 is 1. The van der Waals surface area contributed by atoms with Crippen LogP contribution in [0.25, 0.3) is 0 Å². The van der Waals surface area contributed by atoms with Crippen molar-refractivity contribution in [1.29, 1.82) is 0 Å². The molecule has 1 unspecified atom stereocenters. The maximum absolute atomic E-state index is 6.03. The predicted molar refractivity (Wildman–Crippen MR) is 102 cm³/mol. The van der Waals surface area contributed by atoms with E-state index in [1.165, 1.54) is 11.1 Å². The number of ether oxygens (including phenoxy) is 3. The van der Waals surface area contributed by atoms with E-state index in [-0.39, 0.29) is 12.0 Å². The molecule has 136 valence electrons. The van der Waals surface area contributed by atoms with Crippen molar-refractivity contribution in [3.05, 3.63) is 53.6 Å². The molecule has 0 fully saturated rings. The topological polar surface area (TPSA) is 53.7 Å². The van der Waals surface area contributed by atoms with Gasteiger partial charge in [0, 0.05) is 5.92 Å². The van der Waals surface area contributed by atoms with Crippen molar-refractivity contribution in [2.45, 2.75) is 39.2 Å². The van der Waals surface area contributed by atoms with E-state index < -0.39 is 0 Å². The summed E-state index contributed by atoms with van der Waals surface area (Å²) in [6.45, 7) is 7.19. The number of nitrogens with two attached hydrogens (primary N) is 1. The first kappa shape index (κ1) is 19.1. The molecule has 0 saturated carbocycles. The molecule has 0 heterocycles. The van der Waals surface area contributed by atoms with Crippen LogP contribution in [-0.4, -0.2) is 26.4 Å². The van der Waals surface area contributed by atoms with Gasteiger partial charge in [-0.2, -0.15) is 0 Å². The highest BCUT2D eigenvalue weighted by molar-refractivity contribution is 5.44. The molecule has 0 spiro atoms. The minimum atomic E-state index is 0.112. The van der Waals surface area contributed by atoms with E-state index in [0.29, 0.717) is 13.2 Å². The third-order valence-electron chi connectivity index (χ3n) is 4.02. The number of hydrogen-bond donors (Lipinski definition) is 1. The molecule has 0 aliphatic heterocycles. The summed E-state index contributed by atoms with van der Waals surface area (Å²) < 4.78 is 16.8. The maximum atomic E-state index is 6.03. The van der Waals surface area contributed by atoms with Crippen LogP contribution in [0.15, 0.2) is 42.5 Å². The number of rotatable bonds is 9. The van der Waals surface area contributed by atoms with Gasteiger partial charge in [-0.25, -0.2) is 0 Å². The molecule has 2 N–H and O–H groups in total. The zero-order chi connectivity index (χ0) is 18.2. The fourth-order valence-electron chi connectivity index (χ4n) is 2.80. The highest BCUT2D eigenvalue weighted by Crippen LogP contribution is 2.31. The van der Waals surface area contributed by atoms with Crippen molar-refractivity contribution in [3.63, 3.8) is 0 Å². The lowest BCUT2D eigenvalue weighted by molar-refractivity contribution is 0.223. The van der Waals surface area contributed by atoms with Gasteiger partial charge in [0.05, 0.1) is 19.8 Å². The maximum Gasteiger partial charge on any atom is 0.161 e. The molecule has 0 saturated heterocycles. The second-order valence-corrected chi connectivity index (χ2v) is 6.29. The molecule has 0 bridgehead atoms. The van der Waals surface area contributed by atoms with Crippen molar-refractivity contribution < 1.29 is 14.2 Å². The first-order valence-electron chi connectivity index (χ1n) is 8.83. The Morgan fingerprint density at radius 2 is 1.72 bits per heavy atom. The normalized spacial score (nSPS) is 12.1. The minimum Gasteiger partial charge on any atom is -0.497 e. The molecule has 0 aromatic heterocycles. The summed E-state index contributed by atoms with van der Waals surface area (Å²) in [5.74, 6) is 2.68. The average Bonchev–Trinajstić information content (AvgIpc) is 2.61. The Hall–Kier alpha value is -2.20. The quantitative estimate of drug-likeness (QED) is 0.742. The fourth-order valence-corrected chi connectivity index (χ4v) is 2.80. The van der Waals surface area contributed by atoms with Crippen molar-refractivity contribution in [1.82, 2.24) is 0 Å². The lowest BCUT2D eigenvalue weighted by Gasteiger charge is -2.18. The van der Waals surface area contributed by atoms with Crippen LogP contribution in [0, 0.1) is 0 Å². The Labute approximate surface area is 150 Å². The van der Waals surface area contributed by atoms with E-state index in [2.05, 4.69) is 24.3 Å². The molecule has 0 aliphatic rings. The van der Waals surface area contributed by atoms with Crippen LogP contribution in [0.4, 0.5) is 0 Å². The van der Waals surface area contributed by atoms with Crippen LogP contribution >= 0.6 is 0 Å². The lowest BCUT2D eigenvalue weighted by Crippen LogP contribution is -2.15. The minimum absolute atomic E-state index is 0.112. The molecule has 2 aromatic rings. The Kier molecular flexibility index (Phi) is 7.14. The molecule has 4 nitrogen and oxygen atoms in total. The van der Waals surface area contributed by atoms with Crippen LogP contribution < -0.4 is 19.9 Å². The van der Waals surface area contributed by atoms with Crippen LogP contribution in [0.3, 0.4) is 0 Å². The van der Waals surface area contributed by atoms with E-state index in [0.717, 1.165) is 23.7 Å². The number of hydrogen-bond acceptors (Lipinski definition) is 4. The molecule has 2 rings (SSSR count). The van der Waals surface area contributed by atoms with Gasteiger partial charge in [0.15, 0.2) is 11.5 Å². The Balaban J connectivity index is 2.19. The molecule has 1 atom stereocenters. The smallest absolute Gasteiger partial charge is 0.161 e. The Morgan fingerprint density at radius 1 is 1.00 bits per heavy atom. The first-order chi connectivity index (χ1) is 12.1. The summed E-state index contributed by atoms with van der Waals surface area (Å²) in [6, 6.07) is 14.3. The van der Waals surface area contributed by atoms with Crippen molar-refractivity contribution >= 4 is 0 Å². The van der Waals surface area contributed by atoms with Crippen molar-refractivity contribution in [3.8, 4) is 17.2 Å². The summed E-state index contributed by atoms with van der Waals surface area (Å²) in [5, 5.41) is 0. The van der Waals surface area contributed by atoms with Crippen molar-refractivity contribution in [2.75, 3.05) is 20.3 Å². The largest absolute Gasteiger partial charge is 0.497 e. The average molecular weight is 343 g/mol.